The van der Waals surface area contributed by atoms with E-state index in [9.17, 15) is 0 Å². The van der Waals surface area contributed by atoms with Crippen LogP contribution in [0.15, 0.2) is 15.9 Å². The first-order valence-corrected chi connectivity index (χ1v) is 4.55. The predicted octanol–water partition coefficient (Wildman–Crippen LogP) is 1.94. The van der Waals surface area contributed by atoms with Crippen LogP contribution in [-0.4, -0.2) is 6.61 Å². The lowest BCUT2D eigenvalue weighted by atomic mass is 10.4. The predicted molar refractivity (Wildman–Crippen MR) is 45.9 cm³/mol. The second-order valence-corrected chi connectivity index (χ2v) is 3.67. The highest BCUT2D eigenvalue weighted by Crippen LogP contribution is 2.22. The largest absolute Gasteiger partial charge is 0.304 e. The first kappa shape index (κ1) is 8.20. The van der Waals surface area contributed by atoms with Crippen LogP contribution in [0.1, 0.15) is 4.88 Å². The van der Waals surface area contributed by atoms with Gasteiger partial charge in [0.2, 0.25) is 0 Å². The summed E-state index contributed by atoms with van der Waals surface area (Å²) in [5.41, 5.74) is 0. The van der Waals surface area contributed by atoms with Crippen molar-refractivity contribution in [2.24, 2.45) is 5.90 Å². The molecule has 0 saturated carbocycles. The van der Waals surface area contributed by atoms with Crippen molar-refractivity contribution in [3.05, 3.63) is 20.8 Å². The van der Waals surface area contributed by atoms with Gasteiger partial charge >= 0.3 is 0 Å². The molecule has 2 N–H and O–H groups in total. The Balaban J connectivity index is 2.49. The molecule has 0 aliphatic heterocycles. The molecule has 0 spiro atoms. The van der Waals surface area contributed by atoms with Crippen LogP contribution in [0.2, 0.25) is 0 Å². The highest BCUT2D eigenvalue weighted by Gasteiger charge is 1.99. The molecule has 10 heavy (non-hydrogen) atoms. The molecular formula is C6H8BrNOS. The summed E-state index contributed by atoms with van der Waals surface area (Å²) in [4.78, 5) is 5.74. The fourth-order valence-corrected chi connectivity index (χ4v) is 2.19. The van der Waals surface area contributed by atoms with E-state index in [2.05, 4.69) is 20.8 Å². The van der Waals surface area contributed by atoms with E-state index in [4.69, 9.17) is 5.90 Å². The van der Waals surface area contributed by atoms with Crippen LogP contribution in [0.4, 0.5) is 0 Å². The Morgan fingerprint density at radius 1 is 1.70 bits per heavy atom. The van der Waals surface area contributed by atoms with E-state index in [0.29, 0.717) is 6.61 Å². The van der Waals surface area contributed by atoms with Crippen LogP contribution >= 0.6 is 27.3 Å². The molecule has 0 aliphatic rings. The van der Waals surface area contributed by atoms with E-state index in [0.717, 1.165) is 10.9 Å². The smallest absolute Gasteiger partial charge is 0.0727 e. The summed E-state index contributed by atoms with van der Waals surface area (Å²) in [5.74, 6) is 4.88. The molecule has 0 aliphatic carbocycles. The monoisotopic (exact) mass is 221 g/mol. The number of hydrogen-bond acceptors (Lipinski definition) is 3. The molecule has 4 heteroatoms. The Kier molecular flexibility index (Phi) is 3.34. The normalized spacial score (nSPS) is 10.2. The van der Waals surface area contributed by atoms with Crippen molar-refractivity contribution in [3.8, 4) is 0 Å². The molecule has 2 nitrogen and oxygen atoms in total. The summed E-state index contributed by atoms with van der Waals surface area (Å²) in [6.45, 7) is 0.582. The zero-order valence-electron chi connectivity index (χ0n) is 5.34. The minimum atomic E-state index is 0.582. The van der Waals surface area contributed by atoms with Gasteiger partial charge in [-0.2, -0.15) is 0 Å². The summed E-state index contributed by atoms with van der Waals surface area (Å²) in [6, 6.07) is 2.02. The molecular weight excluding hydrogens is 214 g/mol. The maximum Gasteiger partial charge on any atom is 0.0727 e. The lowest BCUT2D eigenvalue weighted by Crippen LogP contribution is -2.02. The van der Waals surface area contributed by atoms with Gasteiger partial charge in [0.15, 0.2) is 0 Å². The van der Waals surface area contributed by atoms with E-state index in [1.165, 1.54) is 4.88 Å². The van der Waals surface area contributed by atoms with E-state index < -0.39 is 0 Å². The van der Waals surface area contributed by atoms with Gasteiger partial charge < -0.3 is 4.84 Å². The molecule has 0 amide bonds. The van der Waals surface area contributed by atoms with Crippen molar-refractivity contribution in [1.82, 2.24) is 0 Å². The van der Waals surface area contributed by atoms with Crippen molar-refractivity contribution in [2.45, 2.75) is 6.42 Å². The SMILES string of the molecule is NOCCc1sccc1Br. The number of nitrogens with two attached hydrogens (primary N) is 1. The lowest BCUT2D eigenvalue weighted by molar-refractivity contribution is 0.141. The Bertz CT molecular complexity index is 201. The average molecular weight is 222 g/mol. The Morgan fingerprint density at radius 3 is 3.00 bits per heavy atom. The van der Waals surface area contributed by atoms with Crippen LogP contribution in [-0.2, 0) is 11.3 Å². The van der Waals surface area contributed by atoms with Gasteiger partial charge in [0.1, 0.15) is 0 Å². The molecule has 0 radical (unpaired) electrons. The molecule has 56 valence electrons. The van der Waals surface area contributed by atoms with Crippen LogP contribution in [0.5, 0.6) is 0 Å². The Morgan fingerprint density at radius 2 is 2.50 bits per heavy atom. The molecule has 1 aromatic rings. The van der Waals surface area contributed by atoms with Crippen molar-refractivity contribution < 1.29 is 4.84 Å². The van der Waals surface area contributed by atoms with Gasteiger partial charge in [-0.25, -0.2) is 5.90 Å². The van der Waals surface area contributed by atoms with Crippen LogP contribution < -0.4 is 5.90 Å². The minimum absolute atomic E-state index is 0.582. The third-order valence-corrected chi connectivity index (χ3v) is 3.12. The molecule has 1 aromatic heterocycles. The number of thiophene rings is 1. The lowest BCUT2D eigenvalue weighted by Gasteiger charge is -1.94. The first-order chi connectivity index (χ1) is 4.84. The van der Waals surface area contributed by atoms with Crippen LogP contribution in [0.25, 0.3) is 0 Å². The quantitative estimate of drug-likeness (QED) is 0.793. The van der Waals surface area contributed by atoms with E-state index in [1.807, 2.05) is 11.4 Å². The zero-order valence-corrected chi connectivity index (χ0v) is 7.74. The highest BCUT2D eigenvalue weighted by atomic mass is 79.9. The molecule has 0 fully saturated rings. The van der Waals surface area contributed by atoms with E-state index in [-0.39, 0.29) is 0 Å². The molecule has 0 bridgehead atoms. The summed E-state index contributed by atoms with van der Waals surface area (Å²) < 4.78 is 1.15. The summed E-state index contributed by atoms with van der Waals surface area (Å²) >= 11 is 5.12. The van der Waals surface area contributed by atoms with Gasteiger partial charge in [0.25, 0.3) is 0 Å². The topological polar surface area (TPSA) is 35.2 Å². The Hall–Kier alpha value is 0.100. The first-order valence-electron chi connectivity index (χ1n) is 2.88. The standard InChI is InChI=1S/C6H8BrNOS/c7-5-2-4-10-6(5)1-3-9-8/h2,4H,1,3,8H2. The van der Waals surface area contributed by atoms with E-state index in [1.54, 1.807) is 11.3 Å². The second kappa shape index (κ2) is 4.08. The fourth-order valence-electron chi connectivity index (χ4n) is 0.655. The minimum Gasteiger partial charge on any atom is -0.304 e. The number of halogens is 1. The molecule has 0 saturated heterocycles. The van der Waals surface area contributed by atoms with Crippen molar-refractivity contribution >= 4 is 27.3 Å². The maximum absolute atomic E-state index is 4.88. The van der Waals surface area contributed by atoms with Crippen molar-refractivity contribution in [1.29, 1.82) is 0 Å². The number of rotatable bonds is 3. The molecule has 1 heterocycles. The number of hydrogen-bond donors (Lipinski definition) is 1. The third kappa shape index (κ3) is 2.05. The van der Waals surface area contributed by atoms with Crippen molar-refractivity contribution in [2.75, 3.05) is 6.61 Å². The molecule has 0 aromatic carbocycles. The summed E-state index contributed by atoms with van der Waals surface area (Å²) in [5, 5.41) is 2.04. The molecule has 0 unspecified atom stereocenters. The van der Waals surface area contributed by atoms with Gasteiger partial charge in [-0.3, -0.25) is 0 Å². The molecule has 0 atom stereocenters. The Labute approximate surface area is 72.1 Å². The van der Waals surface area contributed by atoms with Gasteiger partial charge in [0, 0.05) is 15.8 Å². The van der Waals surface area contributed by atoms with Crippen LogP contribution in [0.3, 0.4) is 0 Å². The zero-order chi connectivity index (χ0) is 7.40. The molecule has 1 rings (SSSR count). The second-order valence-electron chi connectivity index (χ2n) is 1.81. The average Bonchev–Trinajstić information content (AvgIpc) is 2.31. The van der Waals surface area contributed by atoms with Gasteiger partial charge in [-0.15, -0.1) is 11.3 Å². The van der Waals surface area contributed by atoms with Crippen molar-refractivity contribution in [3.63, 3.8) is 0 Å². The highest BCUT2D eigenvalue weighted by molar-refractivity contribution is 9.10. The third-order valence-electron chi connectivity index (χ3n) is 1.14. The van der Waals surface area contributed by atoms with E-state index >= 15 is 0 Å². The summed E-state index contributed by atoms with van der Waals surface area (Å²) in [6.07, 6.45) is 0.884. The van der Waals surface area contributed by atoms with Gasteiger partial charge in [0.05, 0.1) is 6.61 Å². The van der Waals surface area contributed by atoms with Gasteiger partial charge in [-0.1, -0.05) is 0 Å². The van der Waals surface area contributed by atoms with Crippen LogP contribution in [0, 0.1) is 0 Å². The fraction of sp³-hybridized carbons (Fsp3) is 0.333. The summed E-state index contributed by atoms with van der Waals surface area (Å²) in [7, 11) is 0. The van der Waals surface area contributed by atoms with Gasteiger partial charge in [-0.05, 0) is 27.4 Å². The maximum atomic E-state index is 4.88.